The van der Waals surface area contributed by atoms with Crippen molar-refractivity contribution in [3.8, 4) is 17.2 Å². The molecule has 0 saturated carbocycles. The molecule has 1 saturated heterocycles. The number of aliphatic imine (C=N–C) groups is 1. The summed E-state index contributed by atoms with van der Waals surface area (Å²) < 4.78 is 11.9. The third kappa shape index (κ3) is 11.5. The lowest BCUT2D eigenvalue weighted by Crippen LogP contribution is -2.52. The second-order valence-corrected chi connectivity index (χ2v) is 12.8. The number of nitro groups is 1. The first-order chi connectivity index (χ1) is 22.3. The summed E-state index contributed by atoms with van der Waals surface area (Å²) in [6, 6.07) is 16.9. The highest BCUT2D eigenvalue weighted by Gasteiger charge is 2.23. The van der Waals surface area contributed by atoms with Crippen molar-refractivity contribution in [2.45, 2.75) is 53.0 Å². The Morgan fingerprint density at radius 3 is 2.45 bits per heavy atom. The van der Waals surface area contributed by atoms with Gasteiger partial charge in [0.1, 0.15) is 11.5 Å². The van der Waals surface area contributed by atoms with Gasteiger partial charge < -0.3 is 24.6 Å². The van der Waals surface area contributed by atoms with Gasteiger partial charge >= 0.3 is 5.69 Å². The molecule has 0 unspecified atom stereocenters. The molecule has 9 nitrogen and oxygen atoms in total. The molecular formula is C35H47BrClN5O4S. The number of guanidine groups is 1. The number of nitrogens with one attached hydrogen (secondary N) is 1. The zero-order chi connectivity index (χ0) is 32.9. The van der Waals surface area contributed by atoms with Crippen LogP contribution >= 0.6 is 40.3 Å². The molecule has 0 atom stereocenters. The minimum Gasteiger partial charge on any atom is -0.487 e. The standard InChI is InChI=1S/C35H46ClN5O4S.BrH/c1-5-44-34-24-30(12-14-32(34)41(42)43)39-17-19-40(20-18-39)35(37-16-8-6-7-9-21-46-4)38-25-28-23-29(36)11-15-33(28)45-31-13-10-26(2)27(3)22-31;/h10-15,22-24H,5-9,16-21,25H2,1-4H3,(H,37,38);1H. The Balaban J connectivity index is 0.00000600. The third-order valence-electron chi connectivity index (χ3n) is 8.07. The van der Waals surface area contributed by atoms with E-state index in [9.17, 15) is 10.1 Å². The van der Waals surface area contributed by atoms with Crippen LogP contribution in [0.4, 0.5) is 11.4 Å². The van der Waals surface area contributed by atoms with Crippen LogP contribution < -0.4 is 19.7 Å². The minimum atomic E-state index is -0.401. The van der Waals surface area contributed by atoms with Gasteiger partial charge in [-0.2, -0.15) is 11.8 Å². The Kier molecular flexibility index (Phi) is 16.0. The number of piperazine rings is 1. The number of nitrogens with zero attached hydrogens (tertiary/aromatic N) is 4. The minimum absolute atomic E-state index is 0. The first-order valence-corrected chi connectivity index (χ1v) is 17.8. The summed E-state index contributed by atoms with van der Waals surface area (Å²) in [6.07, 6.45) is 6.89. The average Bonchev–Trinajstić information content (AvgIpc) is 3.05. The number of anilines is 1. The summed E-state index contributed by atoms with van der Waals surface area (Å²) in [6.45, 7) is 10.6. The van der Waals surface area contributed by atoms with Crippen LogP contribution in [-0.2, 0) is 6.54 Å². The molecule has 1 aliphatic rings. The lowest BCUT2D eigenvalue weighted by atomic mass is 10.1. The summed E-state index contributed by atoms with van der Waals surface area (Å²) in [5.41, 5.74) is 4.20. The van der Waals surface area contributed by atoms with E-state index >= 15 is 0 Å². The van der Waals surface area contributed by atoms with Gasteiger partial charge in [0.15, 0.2) is 11.7 Å². The van der Waals surface area contributed by atoms with Gasteiger partial charge in [-0.15, -0.1) is 17.0 Å². The van der Waals surface area contributed by atoms with Crippen LogP contribution in [0.2, 0.25) is 5.02 Å². The molecule has 4 rings (SSSR count). The zero-order valence-corrected chi connectivity index (χ0v) is 31.1. The van der Waals surface area contributed by atoms with E-state index in [2.05, 4.69) is 41.3 Å². The van der Waals surface area contributed by atoms with E-state index in [1.807, 2.05) is 49.0 Å². The van der Waals surface area contributed by atoms with Crippen molar-refractivity contribution < 1.29 is 14.4 Å². The second kappa shape index (κ2) is 19.6. The smallest absolute Gasteiger partial charge is 0.311 e. The van der Waals surface area contributed by atoms with E-state index in [1.54, 1.807) is 12.1 Å². The molecule has 1 fully saturated rings. The second-order valence-electron chi connectivity index (χ2n) is 11.4. The molecule has 1 heterocycles. The highest BCUT2D eigenvalue weighted by atomic mass is 79.9. The van der Waals surface area contributed by atoms with E-state index in [4.69, 9.17) is 26.1 Å². The molecule has 3 aromatic carbocycles. The molecule has 256 valence electrons. The van der Waals surface area contributed by atoms with Crippen LogP contribution in [0.25, 0.3) is 0 Å². The van der Waals surface area contributed by atoms with E-state index in [0.29, 0.717) is 23.9 Å². The molecule has 1 aliphatic heterocycles. The predicted molar refractivity (Wildman–Crippen MR) is 202 cm³/mol. The van der Waals surface area contributed by atoms with Gasteiger partial charge in [-0.25, -0.2) is 4.99 Å². The quantitative estimate of drug-likeness (QED) is 0.0542. The highest BCUT2D eigenvalue weighted by molar-refractivity contribution is 8.93. The van der Waals surface area contributed by atoms with Crippen LogP contribution in [-0.4, -0.2) is 67.1 Å². The molecular weight excluding hydrogens is 702 g/mol. The third-order valence-corrected chi connectivity index (χ3v) is 9.00. The topological polar surface area (TPSA) is 92.5 Å². The van der Waals surface area contributed by atoms with Gasteiger partial charge in [-0.3, -0.25) is 10.1 Å². The Bertz CT molecular complexity index is 1490. The maximum atomic E-state index is 11.5. The first kappa shape index (κ1) is 38.3. The number of ether oxygens (including phenoxy) is 2. The van der Waals surface area contributed by atoms with Gasteiger partial charge in [0.25, 0.3) is 0 Å². The Hall–Kier alpha value is -3.15. The number of hydrogen-bond donors (Lipinski definition) is 1. The number of rotatable bonds is 15. The average molecular weight is 749 g/mol. The van der Waals surface area contributed by atoms with Crippen LogP contribution in [0, 0.1) is 24.0 Å². The number of halogens is 2. The summed E-state index contributed by atoms with van der Waals surface area (Å²) in [5, 5.41) is 15.7. The summed E-state index contributed by atoms with van der Waals surface area (Å²) in [7, 11) is 0. The van der Waals surface area contributed by atoms with E-state index in [1.165, 1.54) is 42.2 Å². The molecule has 0 spiro atoms. The normalized spacial score (nSPS) is 13.3. The van der Waals surface area contributed by atoms with Crippen molar-refractivity contribution in [1.29, 1.82) is 0 Å². The van der Waals surface area contributed by atoms with Gasteiger partial charge in [-0.1, -0.05) is 30.5 Å². The van der Waals surface area contributed by atoms with Gasteiger partial charge in [0.2, 0.25) is 0 Å². The number of unbranched alkanes of at least 4 members (excludes halogenated alkanes) is 3. The van der Waals surface area contributed by atoms with Crippen LogP contribution in [0.5, 0.6) is 17.2 Å². The molecule has 0 radical (unpaired) electrons. The summed E-state index contributed by atoms with van der Waals surface area (Å²) >= 11 is 8.33. The maximum absolute atomic E-state index is 11.5. The van der Waals surface area contributed by atoms with Crippen LogP contribution in [0.3, 0.4) is 0 Å². The number of benzene rings is 3. The Morgan fingerprint density at radius 2 is 1.74 bits per heavy atom. The molecule has 47 heavy (non-hydrogen) atoms. The molecule has 12 heteroatoms. The summed E-state index contributed by atoms with van der Waals surface area (Å²) in [4.78, 5) is 20.7. The van der Waals surface area contributed by atoms with E-state index in [0.717, 1.165) is 67.9 Å². The molecule has 0 bridgehead atoms. The van der Waals surface area contributed by atoms with Crippen molar-refractivity contribution in [2.75, 3.05) is 56.2 Å². The lowest BCUT2D eigenvalue weighted by molar-refractivity contribution is -0.385. The number of thioether (sulfide) groups is 1. The van der Waals surface area contributed by atoms with Crippen molar-refractivity contribution >= 4 is 57.7 Å². The van der Waals surface area contributed by atoms with Gasteiger partial charge in [0.05, 0.1) is 18.1 Å². The van der Waals surface area contributed by atoms with Gasteiger partial charge in [-0.05, 0) is 93.1 Å². The van der Waals surface area contributed by atoms with Crippen molar-refractivity contribution in [2.24, 2.45) is 4.99 Å². The van der Waals surface area contributed by atoms with Crippen molar-refractivity contribution in [3.63, 3.8) is 0 Å². The van der Waals surface area contributed by atoms with E-state index in [-0.39, 0.29) is 22.7 Å². The predicted octanol–water partition coefficient (Wildman–Crippen LogP) is 8.83. The Morgan fingerprint density at radius 1 is 0.979 bits per heavy atom. The van der Waals surface area contributed by atoms with Crippen molar-refractivity contribution in [1.82, 2.24) is 10.2 Å². The highest BCUT2D eigenvalue weighted by Crippen LogP contribution is 2.33. The molecule has 3 aromatic rings. The molecule has 0 aromatic heterocycles. The number of aryl methyl sites for hydroxylation is 2. The summed E-state index contributed by atoms with van der Waals surface area (Å²) in [5.74, 6) is 3.88. The fourth-order valence-corrected chi connectivity index (χ4v) is 6.01. The van der Waals surface area contributed by atoms with E-state index < -0.39 is 4.92 Å². The zero-order valence-electron chi connectivity index (χ0n) is 27.8. The van der Waals surface area contributed by atoms with Gasteiger partial charge in [0, 0.05) is 61.1 Å². The lowest BCUT2D eigenvalue weighted by Gasteiger charge is -2.38. The monoisotopic (exact) mass is 747 g/mol. The molecule has 0 amide bonds. The largest absolute Gasteiger partial charge is 0.487 e. The first-order valence-electron chi connectivity index (χ1n) is 16.0. The van der Waals surface area contributed by atoms with Crippen LogP contribution in [0.15, 0.2) is 59.6 Å². The Labute approximate surface area is 299 Å². The number of nitro benzene ring substituents is 1. The van der Waals surface area contributed by atoms with Crippen LogP contribution in [0.1, 0.15) is 49.3 Å². The fraction of sp³-hybridized carbons (Fsp3) is 0.457. The SMILES string of the molecule is Br.CCOc1cc(N2CCN(C(=NCc3cc(Cl)ccc3Oc3ccc(C)c(C)c3)NCCCCCCSC)CC2)ccc1[N+](=O)[O-]. The van der Waals surface area contributed by atoms with Crippen molar-refractivity contribution in [3.05, 3.63) is 86.4 Å². The fourth-order valence-electron chi connectivity index (χ4n) is 5.33. The number of hydrogen-bond acceptors (Lipinski definition) is 7. The molecule has 0 aliphatic carbocycles. The maximum Gasteiger partial charge on any atom is 0.311 e. The molecule has 1 N–H and O–H groups in total.